The first-order chi connectivity index (χ1) is 15.5. The zero-order chi connectivity index (χ0) is 22.4. The first-order valence-corrected chi connectivity index (χ1v) is 11.0. The second-order valence-electron chi connectivity index (χ2n) is 8.11. The minimum Gasteiger partial charge on any atom is -0.495 e. The second-order valence-corrected chi connectivity index (χ2v) is 8.51. The van der Waals surface area contributed by atoms with Crippen LogP contribution < -0.4 is 25.2 Å². The number of nitrogens with zero attached hydrogens (tertiary/aromatic N) is 1. The number of aryl methyl sites for hydroxylation is 2. The molecular formula is C24H24ClN3O4. The van der Waals surface area contributed by atoms with Gasteiger partial charge >= 0.3 is 0 Å². The highest BCUT2D eigenvalue weighted by Crippen LogP contribution is 2.40. The van der Waals surface area contributed by atoms with E-state index in [0.29, 0.717) is 27.8 Å². The van der Waals surface area contributed by atoms with Crippen LogP contribution in [0, 0.1) is 5.41 Å². The van der Waals surface area contributed by atoms with Gasteiger partial charge in [-0.2, -0.15) is 0 Å². The van der Waals surface area contributed by atoms with Crippen molar-refractivity contribution in [1.29, 1.82) is 5.41 Å². The number of fused-ring (bicyclic) bond motifs is 2. The van der Waals surface area contributed by atoms with Gasteiger partial charge in [-0.15, -0.1) is 0 Å². The van der Waals surface area contributed by atoms with Crippen LogP contribution in [-0.4, -0.2) is 33.2 Å². The normalized spacial score (nSPS) is 14.8. The summed E-state index contributed by atoms with van der Waals surface area (Å²) < 4.78 is 16.5. The van der Waals surface area contributed by atoms with Gasteiger partial charge in [0.1, 0.15) is 22.6 Å². The number of amides is 1. The Kier molecular flexibility index (Phi) is 5.21. The first-order valence-electron chi connectivity index (χ1n) is 10.6. The average molecular weight is 454 g/mol. The van der Waals surface area contributed by atoms with Crippen LogP contribution in [0.5, 0.6) is 11.5 Å². The molecule has 0 bridgehead atoms. The minimum absolute atomic E-state index is 0.155. The molecule has 166 valence electrons. The number of benzene rings is 2. The zero-order valence-electron chi connectivity index (χ0n) is 18.0. The summed E-state index contributed by atoms with van der Waals surface area (Å²) in [5.41, 5.74) is 4.81. The van der Waals surface area contributed by atoms with Gasteiger partial charge in [0.05, 0.1) is 24.9 Å². The van der Waals surface area contributed by atoms with Gasteiger partial charge in [0.25, 0.3) is 5.91 Å². The number of methoxy groups -OCH3 is 2. The van der Waals surface area contributed by atoms with E-state index in [0.717, 1.165) is 49.7 Å². The summed E-state index contributed by atoms with van der Waals surface area (Å²) in [6.45, 7) is 2.12. The molecule has 0 atom stereocenters. The topological polar surface area (TPSA) is 87.8 Å². The lowest BCUT2D eigenvalue weighted by molar-refractivity contribution is 0.102. The standard InChI is InChI=1S/C24H24ClN3O4/c1-30-19-12-20(31-2)18(11-17(19)25)27-24(29)16-10-14-9-13-5-3-7-28-8-4-6-15(21(13)28)22(14)32-23(16)26/h9-12,26H,3-8H2,1-2H3,(H,27,29). The lowest BCUT2D eigenvalue weighted by Crippen LogP contribution is -2.34. The number of carbonyl (C=O) groups is 1. The predicted octanol–water partition coefficient (Wildman–Crippen LogP) is 4.53. The molecule has 3 aromatic rings. The third-order valence-corrected chi connectivity index (χ3v) is 6.51. The molecule has 0 spiro atoms. The molecule has 0 saturated carbocycles. The molecule has 0 unspecified atom stereocenters. The van der Waals surface area contributed by atoms with Gasteiger partial charge in [0.2, 0.25) is 5.55 Å². The van der Waals surface area contributed by atoms with Crippen LogP contribution in [0.15, 0.2) is 28.7 Å². The van der Waals surface area contributed by atoms with E-state index in [1.807, 2.05) is 0 Å². The van der Waals surface area contributed by atoms with Crippen molar-refractivity contribution in [3.8, 4) is 11.5 Å². The molecule has 0 aliphatic carbocycles. The van der Waals surface area contributed by atoms with E-state index in [1.165, 1.54) is 25.5 Å². The number of hydrogen-bond donors (Lipinski definition) is 2. The molecule has 0 fully saturated rings. The van der Waals surface area contributed by atoms with Crippen molar-refractivity contribution in [2.75, 3.05) is 37.5 Å². The Labute approximate surface area is 190 Å². The van der Waals surface area contributed by atoms with Gasteiger partial charge in [-0.3, -0.25) is 10.2 Å². The molecule has 3 heterocycles. The molecule has 2 aliphatic heterocycles. The average Bonchev–Trinajstić information content (AvgIpc) is 2.79. The Morgan fingerprint density at radius 3 is 2.59 bits per heavy atom. The van der Waals surface area contributed by atoms with Gasteiger partial charge in [-0.05, 0) is 49.4 Å². The van der Waals surface area contributed by atoms with E-state index in [2.05, 4.69) is 16.3 Å². The third-order valence-electron chi connectivity index (χ3n) is 6.22. The van der Waals surface area contributed by atoms with E-state index in [4.69, 9.17) is 30.9 Å². The molecule has 2 N–H and O–H groups in total. The highest BCUT2D eigenvalue weighted by molar-refractivity contribution is 6.32. The highest BCUT2D eigenvalue weighted by Gasteiger charge is 2.27. The van der Waals surface area contributed by atoms with Crippen molar-refractivity contribution < 1.29 is 18.7 Å². The van der Waals surface area contributed by atoms with E-state index in [-0.39, 0.29) is 11.1 Å². The molecule has 2 aromatic carbocycles. The molecule has 1 amide bonds. The lowest BCUT2D eigenvalue weighted by atomic mass is 9.90. The number of nitrogens with one attached hydrogen (secondary N) is 2. The summed E-state index contributed by atoms with van der Waals surface area (Å²) in [5, 5.41) is 12.4. The fourth-order valence-corrected chi connectivity index (χ4v) is 5.02. The molecular weight excluding hydrogens is 430 g/mol. The Morgan fingerprint density at radius 2 is 1.84 bits per heavy atom. The molecule has 0 saturated heterocycles. The Bertz CT molecular complexity index is 1300. The van der Waals surface area contributed by atoms with Gasteiger partial charge < -0.3 is 24.1 Å². The predicted molar refractivity (Wildman–Crippen MR) is 123 cm³/mol. The van der Waals surface area contributed by atoms with E-state index >= 15 is 0 Å². The van der Waals surface area contributed by atoms with Crippen molar-refractivity contribution in [2.24, 2.45) is 0 Å². The van der Waals surface area contributed by atoms with Gasteiger partial charge in [0, 0.05) is 35.8 Å². The fraction of sp³-hybridized carbons (Fsp3) is 0.333. The van der Waals surface area contributed by atoms with Crippen molar-refractivity contribution in [3.63, 3.8) is 0 Å². The Hall–Kier alpha value is -3.19. The van der Waals surface area contributed by atoms with E-state index in [1.54, 1.807) is 18.2 Å². The monoisotopic (exact) mass is 453 g/mol. The van der Waals surface area contributed by atoms with Gasteiger partial charge in [0.15, 0.2) is 0 Å². The van der Waals surface area contributed by atoms with Crippen molar-refractivity contribution in [2.45, 2.75) is 25.7 Å². The third kappa shape index (κ3) is 3.37. The van der Waals surface area contributed by atoms with Crippen LogP contribution in [-0.2, 0) is 12.8 Å². The summed E-state index contributed by atoms with van der Waals surface area (Å²) >= 11 is 6.22. The summed E-state index contributed by atoms with van der Waals surface area (Å²) in [6.07, 6.45) is 4.12. The molecule has 32 heavy (non-hydrogen) atoms. The van der Waals surface area contributed by atoms with Crippen LogP contribution >= 0.6 is 11.6 Å². The number of carbonyl (C=O) groups excluding carboxylic acids is 1. The number of hydrogen-bond acceptors (Lipinski definition) is 6. The van der Waals surface area contributed by atoms with Crippen LogP contribution in [0.4, 0.5) is 11.4 Å². The van der Waals surface area contributed by atoms with Crippen molar-refractivity contribution in [1.82, 2.24) is 0 Å². The summed E-state index contributed by atoms with van der Waals surface area (Å²) in [4.78, 5) is 15.5. The number of halogens is 1. The smallest absolute Gasteiger partial charge is 0.261 e. The number of ether oxygens (including phenoxy) is 2. The van der Waals surface area contributed by atoms with Crippen LogP contribution in [0.1, 0.15) is 34.3 Å². The molecule has 1 aromatic heterocycles. The van der Waals surface area contributed by atoms with E-state index in [9.17, 15) is 4.79 Å². The summed E-state index contributed by atoms with van der Waals surface area (Å²) in [5.74, 6) is 0.381. The maximum atomic E-state index is 13.1. The summed E-state index contributed by atoms with van der Waals surface area (Å²) in [6, 6.07) is 7.02. The van der Waals surface area contributed by atoms with Gasteiger partial charge in [-0.25, -0.2) is 0 Å². The minimum atomic E-state index is -0.465. The lowest BCUT2D eigenvalue weighted by Gasteiger charge is -2.37. The Balaban J connectivity index is 1.56. The second kappa shape index (κ2) is 8.06. The number of anilines is 2. The maximum absolute atomic E-state index is 13.1. The fourth-order valence-electron chi connectivity index (χ4n) is 4.78. The largest absolute Gasteiger partial charge is 0.495 e. The van der Waals surface area contributed by atoms with E-state index < -0.39 is 5.91 Å². The first kappa shape index (κ1) is 20.7. The summed E-state index contributed by atoms with van der Waals surface area (Å²) in [7, 11) is 3.00. The van der Waals surface area contributed by atoms with Crippen LogP contribution in [0.3, 0.4) is 0 Å². The van der Waals surface area contributed by atoms with Gasteiger partial charge in [-0.1, -0.05) is 11.6 Å². The highest BCUT2D eigenvalue weighted by atomic mass is 35.5. The zero-order valence-corrected chi connectivity index (χ0v) is 18.8. The van der Waals surface area contributed by atoms with Crippen LogP contribution in [0.2, 0.25) is 5.02 Å². The molecule has 5 rings (SSSR count). The molecule has 8 heteroatoms. The number of rotatable bonds is 4. The van der Waals surface area contributed by atoms with Crippen molar-refractivity contribution in [3.05, 3.63) is 51.5 Å². The Morgan fingerprint density at radius 1 is 1.09 bits per heavy atom. The molecule has 2 aliphatic rings. The quantitative estimate of drug-likeness (QED) is 0.605. The SMILES string of the molecule is COc1cc(OC)c(NC(=O)c2cc3cc4c5c(c3oc2=N)CCCN5CCC4)cc1Cl. The van der Waals surface area contributed by atoms with Crippen molar-refractivity contribution >= 4 is 39.9 Å². The molecule has 7 nitrogen and oxygen atoms in total. The van der Waals surface area contributed by atoms with Crippen LogP contribution in [0.25, 0.3) is 11.0 Å². The maximum Gasteiger partial charge on any atom is 0.261 e. The molecule has 0 radical (unpaired) electrons.